The van der Waals surface area contributed by atoms with Gasteiger partial charge in [-0.1, -0.05) is 42.5 Å². The number of aromatic nitrogens is 3. The standard InChI is InChI=1S/C23H17N5O3S/c24-11-13-32-20-9-5-4-8-18(20)27-21(29)15-31-23(30)17-14-26-28-19(10-12-25-22(17)28)16-6-2-1-3-7-16/h1-10,12,14H,13,15H2,(H,27,29). The number of amides is 1. The van der Waals surface area contributed by atoms with Crippen LogP contribution in [0.25, 0.3) is 16.9 Å². The molecule has 0 aliphatic heterocycles. The van der Waals surface area contributed by atoms with Crippen molar-refractivity contribution in [2.75, 3.05) is 17.7 Å². The van der Waals surface area contributed by atoms with Crippen LogP contribution in [0.15, 0.2) is 78.0 Å². The summed E-state index contributed by atoms with van der Waals surface area (Å²) in [4.78, 5) is 29.9. The molecule has 0 saturated carbocycles. The smallest absolute Gasteiger partial charge is 0.344 e. The monoisotopic (exact) mass is 443 g/mol. The van der Waals surface area contributed by atoms with Gasteiger partial charge in [0.25, 0.3) is 5.91 Å². The average molecular weight is 443 g/mol. The molecule has 0 radical (unpaired) electrons. The Morgan fingerprint density at radius 1 is 1.09 bits per heavy atom. The lowest BCUT2D eigenvalue weighted by molar-refractivity contribution is -0.119. The van der Waals surface area contributed by atoms with Crippen LogP contribution in [-0.2, 0) is 9.53 Å². The van der Waals surface area contributed by atoms with E-state index in [9.17, 15) is 9.59 Å². The molecule has 1 amide bonds. The fraction of sp³-hybridized carbons (Fsp3) is 0.0870. The summed E-state index contributed by atoms with van der Waals surface area (Å²) < 4.78 is 6.76. The Kier molecular flexibility index (Phi) is 6.43. The number of ether oxygens (including phenoxy) is 1. The number of carbonyl (C=O) groups is 2. The molecule has 0 atom stereocenters. The molecule has 1 N–H and O–H groups in total. The molecule has 2 aromatic heterocycles. The molecule has 2 aromatic carbocycles. The van der Waals surface area contributed by atoms with Gasteiger partial charge in [-0.2, -0.15) is 10.4 Å². The van der Waals surface area contributed by atoms with E-state index >= 15 is 0 Å². The molecular formula is C23H17N5O3S. The van der Waals surface area contributed by atoms with Crippen molar-refractivity contribution in [3.05, 3.63) is 78.6 Å². The number of nitrogens with one attached hydrogen (secondary N) is 1. The molecule has 32 heavy (non-hydrogen) atoms. The number of fused-ring (bicyclic) bond motifs is 1. The first-order valence-corrected chi connectivity index (χ1v) is 10.6. The molecule has 158 valence electrons. The van der Waals surface area contributed by atoms with Crippen molar-refractivity contribution in [3.63, 3.8) is 0 Å². The van der Waals surface area contributed by atoms with E-state index in [1.807, 2.05) is 42.5 Å². The maximum absolute atomic E-state index is 12.6. The summed E-state index contributed by atoms with van der Waals surface area (Å²) in [6.45, 7) is -0.466. The predicted molar refractivity (Wildman–Crippen MR) is 120 cm³/mol. The Balaban J connectivity index is 1.45. The molecule has 8 nitrogen and oxygen atoms in total. The highest BCUT2D eigenvalue weighted by Gasteiger charge is 2.19. The second-order valence-electron chi connectivity index (χ2n) is 6.56. The van der Waals surface area contributed by atoms with Crippen molar-refractivity contribution in [2.45, 2.75) is 4.90 Å². The predicted octanol–water partition coefficient (Wildman–Crippen LogP) is 3.81. The summed E-state index contributed by atoms with van der Waals surface area (Å²) in [5, 5.41) is 15.7. The van der Waals surface area contributed by atoms with Gasteiger partial charge in [0.15, 0.2) is 12.3 Å². The van der Waals surface area contributed by atoms with Gasteiger partial charge >= 0.3 is 5.97 Å². The summed E-state index contributed by atoms with van der Waals surface area (Å²) in [7, 11) is 0. The Morgan fingerprint density at radius 2 is 1.88 bits per heavy atom. The minimum absolute atomic E-state index is 0.167. The van der Waals surface area contributed by atoms with Crippen molar-refractivity contribution in [3.8, 4) is 17.3 Å². The molecule has 0 aliphatic carbocycles. The summed E-state index contributed by atoms with van der Waals surface area (Å²) >= 11 is 1.31. The lowest BCUT2D eigenvalue weighted by atomic mass is 10.1. The molecule has 9 heteroatoms. The molecule has 0 bridgehead atoms. The van der Waals surface area contributed by atoms with Crippen LogP contribution in [0.4, 0.5) is 5.69 Å². The Bertz CT molecular complexity index is 1310. The van der Waals surface area contributed by atoms with Gasteiger partial charge in [-0.3, -0.25) is 4.79 Å². The van der Waals surface area contributed by atoms with Crippen LogP contribution in [0, 0.1) is 11.3 Å². The molecule has 0 spiro atoms. The quantitative estimate of drug-likeness (QED) is 0.342. The normalized spacial score (nSPS) is 10.5. The SMILES string of the molecule is N#CCSc1ccccc1NC(=O)COC(=O)c1cnn2c(-c3ccccc3)ccnc12. The third kappa shape index (κ3) is 4.61. The second kappa shape index (κ2) is 9.76. The zero-order chi connectivity index (χ0) is 22.3. The summed E-state index contributed by atoms with van der Waals surface area (Å²) in [6, 6.07) is 20.6. The third-order valence-electron chi connectivity index (χ3n) is 4.48. The lowest BCUT2D eigenvalue weighted by Gasteiger charge is -2.10. The van der Waals surface area contributed by atoms with Crippen molar-refractivity contribution < 1.29 is 14.3 Å². The number of anilines is 1. The van der Waals surface area contributed by atoms with Gasteiger partial charge < -0.3 is 10.1 Å². The van der Waals surface area contributed by atoms with Crippen LogP contribution in [0.3, 0.4) is 0 Å². The lowest BCUT2D eigenvalue weighted by Crippen LogP contribution is -2.21. The number of benzene rings is 2. The number of nitriles is 1. The average Bonchev–Trinajstić information content (AvgIpc) is 3.27. The number of esters is 1. The number of para-hydroxylation sites is 1. The highest BCUT2D eigenvalue weighted by atomic mass is 32.2. The summed E-state index contributed by atoms with van der Waals surface area (Å²) in [6.07, 6.45) is 2.97. The van der Waals surface area contributed by atoms with Crippen LogP contribution in [0.1, 0.15) is 10.4 Å². The fourth-order valence-corrected chi connectivity index (χ4v) is 3.73. The highest BCUT2D eigenvalue weighted by molar-refractivity contribution is 7.99. The van der Waals surface area contributed by atoms with E-state index in [0.717, 1.165) is 16.2 Å². The number of hydrogen-bond donors (Lipinski definition) is 1. The maximum atomic E-state index is 12.6. The van der Waals surface area contributed by atoms with Crippen molar-refractivity contribution in [1.29, 1.82) is 5.26 Å². The largest absolute Gasteiger partial charge is 0.452 e. The van der Waals surface area contributed by atoms with Crippen LogP contribution < -0.4 is 5.32 Å². The first kappa shape index (κ1) is 21.1. The first-order chi connectivity index (χ1) is 15.7. The Labute approximate surface area is 187 Å². The highest BCUT2D eigenvalue weighted by Crippen LogP contribution is 2.26. The van der Waals surface area contributed by atoms with Crippen LogP contribution >= 0.6 is 11.8 Å². The van der Waals surface area contributed by atoms with Crippen molar-refractivity contribution >= 4 is 35.0 Å². The zero-order valence-corrected chi connectivity index (χ0v) is 17.6. The van der Waals surface area contributed by atoms with E-state index in [2.05, 4.69) is 15.4 Å². The molecule has 4 rings (SSSR count). The number of hydrogen-bond acceptors (Lipinski definition) is 7. The Morgan fingerprint density at radius 3 is 2.69 bits per heavy atom. The van der Waals surface area contributed by atoms with E-state index in [4.69, 9.17) is 10.00 Å². The van der Waals surface area contributed by atoms with Crippen LogP contribution in [-0.4, -0.2) is 38.8 Å². The van der Waals surface area contributed by atoms with Gasteiger partial charge in [0.1, 0.15) is 5.56 Å². The second-order valence-corrected chi connectivity index (χ2v) is 7.57. The number of nitrogens with zero attached hydrogens (tertiary/aromatic N) is 4. The first-order valence-electron chi connectivity index (χ1n) is 9.61. The third-order valence-corrected chi connectivity index (χ3v) is 5.42. The number of rotatable bonds is 7. The molecule has 0 fully saturated rings. The van der Waals surface area contributed by atoms with Gasteiger partial charge in [0.2, 0.25) is 0 Å². The Hall–Kier alpha value is -4.16. The minimum Gasteiger partial charge on any atom is -0.452 e. The van der Waals surface area contributed by atoms with Gasteiger partial charge in [0.05, 0.1) is 29.4 Å². The zero-order valence-electron chi connectivity index (χ0n) is 16.8. The van der Waals surface area contributed by atoms with Crippen molar-refractivity contribution in [1.82, 2.24) is 14.6 Å². The molecule has 0 saturated heterocycles. The minimum atomic E-state index is -0.694. The number of thioether (sulfide) groups is 1. The van der Waals surface area contributed by atoms with E-state index in [0.29, 0.717) is 11.3 Å². The molecule has 4 aromatic rings. The van der Waals surface area contributed by atoms with Crippen LogP contribution in [0.2, 0.25) is 0 Å². The van der Waals surface area contributed by atoms with E-state index < -0.39 is 18.5 Å². The maximum Gasteiger partial charge on any atom is 0.344 e. The van der Waals surface area contributed by atoms with Gasteiger partial charge in [-0.25, -0.2) is 14.3 Å². The van der Waals surface area contributed by atoms with E-state index in [-0.39, 0.29) is 11.3 Å². The summed E-state index contributed by atoms with van der Waals surface area (Å²) in [5.41, 5.74) is 2.77. The molecule has 2 heterocycles. The molecular weight excluding hydrogens is 426 g/mol. The fourth-order valence-electron chi connectivity index (χ4n) is 3.06. The topological polar surface area (TPSA) is 109 Å². The van der Waals surface area contributed by atoms with E-state index in [1.165, 1.54) is 18.0 Å². The van der Waals surface area contributed by atoms with Gasteiger partial charge in [-0.15, -0.1) is 11.8 Å². The molecule has 0 aliphatic rings. The summed E-state index contributed by atoms with van der Waals surface area (Å²) in [5.74, 6) is -0.924. The van der Waals surface area contributed by atoms with Gasteiger partial charge in [0, 0.05) is 16.7 Å². The van der Waals surface area contributed by atoms with Crippen molar-refractivity contribution in [2.24, 2.45) is 0 Å². The van der Waals surface area contributed by atoms with E-state index in [1.54, 1.807) is 35.0 Å². The molecule has 0 unspecified atom stereocenters. The van der Waals surface area contributed by atoms with Crippen LogP contribution in [0.5, 0.6) is 0 Å². The van der Waals surface area contributed by atoms with Gasteiger partial charge in [-0.05, 0) is 18.2 Å². The number of carbonyl (C=O) groups excluding carboxylic acids is 2.